The highest BCUT2D eigenvalue weighted by Crippen LogP contribution is 2.00. The first-order valence-corrected chi connectivity index (χ1v) is 3.92. The lowest BCUT2D eigenvalue weighted by atomic mass is 10.2. The van der Waals surface area contributed by atoms with Gasteiger partial charge in [-0.15, -0.1) is 0 Å². The molecule has 0 bridgehead atoms. The summed E-state index contributed by atoms with van der Waals surface area (Å²) in [5, 5.41) is 2.24. The molecule has 0 spiro atoms. The second-order valence-electron chi connectivity index (χ2n) is 2.84. The molecule has 1 aliphatic rings. The minimum absolute atomic E-state index is 0.793. The van der Waals surface area contributed by atoms with E-state index in [1.165, 1.54) is 5.22 Å². The molecule has 0 amide bonds. The highest BCUT2D eigenvalue weighted by Gasteiger charge is 2.01. The molecule has 3 heteroatoms. The fourth-order valence-electron chi connectivity index (χ4n) is 1.59. The summed E-state index contributed by atoms with van der Waals surface area (Å²) in [6.45, 7) is 0.793. The van der Waals surface area contributed by atoms with Crippen molar-refractivity contribution in [3.05, 3.63) is 29.0 Å². The Bertz CT molecular complexity index is 551. The molecule has 0 radical (unpaired) electrons. The Balaban J connectivity index is 2.73. The lowest BCUT2D eigenvalue weighted by molar-refractivity contribution is 1.23. The predicted octanol–water partition coefficient (Wildman–Crippen LogP) is -0.0234. The van der Waals surface area contributed by atoms with Gasteiger partial charge >= 0.3 is 0 Å². The number of H-pyrrole nitrogens is 1. The zero-order chi connectivity index (χ0) is 7.97. The Morgan fingerprint density at radius 2 is 2.33 bits per heavy atom. The normalized spacial score (nSPS) is 14.0. The molecule has 58 valence electrons. The first-order chi connectivity index (χ1) is 5.95. The van der Waals surface area contributed by atoms with Crippen molar-refractivity contribution in [3.8, 4) is 0 Å². The molecule has 0 saturated heterocycles. The van der Waals surface area contributed by atoms with Gasteiger partial charge in [-0.2, -0.15) is 0 Å². The molecule has 0 fully saturated rings. The van der Waals surface area contributed by atoms with Crippen molar-refractivity contribution >= 4 is 17.1 Å². The number of imidazole rings is 1. The summed E-state index contributed by atoms with van der Waals surface area (Å²) in [6.07, 6.45) is 3.83. The molecule has 1 aromatic carbocycles. The fourth-order valence-corrected chi connectivity index (χ4v) is 1.59. The summed E-state index contributed by atoms with van der Waals surface area (Å²) in [4.78, 5) is 11.6. The van der Waals surface area contributed by atoms with Crippen LogP contribution in [0.15, 0.2) is 23.5 Å². The Labute approximate surface area is 68.5 Å². The van der Waals surface area contributed by atoms with Crippen LogP contribution in [-0.2, 0) is 0 Å². The van der Waals surface area contributed by atoms with Crippen molar-refractivity contribution in [2.45, 2.75) is 0 Å². The van der Waals surface area contributed by atoms with Gasteiger partial charge in [-0.05, 0) is 12.1 Å². The summed E-state index contributed by atoms with van der Waals surface area (Å²) in [5.41, 5.74) is 2.12. The second-order valence-corrected chi connectivity index (χ2v) is 2.84. The third-order valence-electron chi connectivity index (χ3n) is 2.16. The van der Waals surface area contributed by atoms with Gasteiger partial charge in [0, 0.05) is 5.22 Å². The molecule has 0 saturated carbocycles. The first-order valence-electron chi connectivity index (χ1n) is 3.92. The van der Waals surface area contributed by atoms with Crippen LogP contribution in [0.2, 0.25) is 0 Å². The smallest absolute Gasteiger partial charge is 0.0973 e. The first kappa shape index (κ1) is 5.94. The zero-order valence-corrected chi connectivity index (χ0v) is 6.41. The van der Waals surface area contributed by atoms with E-state index in [-0.39, 0.29) is 0 Å². The molecule has 1 aliphatic heterocycles. The minimum Gasteiger partial charge on any atom is -0.345 e. The van der Waals surface area contributed by atoms with Gasteiger partial charge in [0.05, 0.1) is 29.3 Å². The van der Waals surface area contributed by atoms with Crippen molar-refractivity contribution in [2.75, 3.05) is 6.54 Å². The predicted molar refractivity (Wildman–Crippen MR) is 46.2 cm³/mol. The third-order valence-corrected chi connectivity index (χ3v) is 2.16. The van der Waals surface area contributed by atoms with Crippen molar-refractivity contribution < 1.29 is 0 Å². The summed E-state index contributed by atoms with van der Waals surface area (Å²) in [6, 6.07) is 4.04. The number of benzene rings is 1. The SMILES string of the molecule is C1=c2c(ccc3[nH]cnc23)=NC1. The van der Waals surface area contributed by atoms with Crippen LogP contribution in [0.3, 0.4) is 0 Å². The van der Waals surface area contributed by atoms with Crippen molar-refractivity contribution in [1.29, 1.82) is 0 Å². The summed E-state index contributed by atoms with van der Waals surface area (Å²) < 4.78 is 0. The topological polar surface area (TPSA) is 41.0 Å². The van der Waals surface area contributed by atoms with Crippen LogP contribution in [0.1, 0.15) is 0 Å². The van der Waals surface area contributed by atoms with Crippen LogP contribution >= 0.6 is 0 Å². The van der Waals surface area contributed by atoms with E-state index in [1.54, 1.807) is 6.33 Å². The van der Waals surface area contributed by atoms with Crippen molar-refractivity contribution in [3.63, 3.8) is 0 Å². The van der Waals surface area contributed by atoms with Crippen molar-refractivity contribution in [2.24, 2.45) is 4.99 Å². The molecular formula is C9H7N3. The van der Waals surface area contributed by atoms with E-state index in [0.717, 1.165) is 22.9 Å². The zero-order valence-electron chi connectivity index (χ0n) is 6.41. The lowest BCUT2D eigenvalue weighted by Gasteiger charge is -1.86. The molecular weight excluding hydrogens is 150 g/mol. The molecule has 3 rings (SSSR count). The molecule has 2 heterocycles. The van der Waals surface area contributed by atoms with Gasteiger partial charge in [0.15, 0.2) is 0 Å². The number of aromatic nitrogens is 2. The van der Waals surface area contributed by atoms with Crippen LogP contribution in [-0.4, -0.2) is 16.5 Å². The maximum Gasteiger partial charge on any atom is 0.0973 e. The van der Waals surface area contributed by atoms with Crippen LogP contribution in [0.4, 0.5) is 0 Å². The van der Waals surface area contributed by atoms with Crippen LogP contribution < -0.4 is 10.6 Å². The average Bonchev–Trinajstić information content (AvgIpc) is 2.71. The molecule has 1 N–H and O–H groups in total. The Morgan fingerprint density at radius 3 is 3.33 bits per heavy atom. The van der Waals surface area contributed by atoms with Gasteiger partial charge in [0.1, 0.15) is 0 Å². The van der Waals surface area contributed by atoms with Gasteiger partial charge in [-0.1, -0.05) is 6.08 Å². The monoisotopic (exact) mass is 157 g/mol. The number of rotatable bonds is 0. The molecule has 0 unspecified atom stereocenters. The van der Waals surface area contributed by atoms with Gasteiger partial charge < -0.3 is 4.98 Å². The fraction of sp³-hybridized carbons (Fsp3) is 0.111. The van der Waals surface area contributed by atoms with Crippen molar-refractivity contribution in [1.82, 2.24) is 9.97 Å². The third kappa shape index (κ3) is 0.605. The lowest BCUT2D eigenvalue weighted by Crippen LogP contribution is -2.21. The Kier molecular flexibility index (Phi) is 0.961. The van der Waals surface area contributed by atoms with E-state index in [0.29, 0.717) is 0 Å². The van der Waals surface area contributed by atoms with E-state index in [9.17, 15) is 0 Å². The van der Waals surface area contributed by atoms with Crippen LogP contribution in [0, 0.1) is 0 Å². The van der Waals surface area contributed by atoms with Gasteiger partial charge in [0.25, 0.3) is 0 Å². The van der Waals surface area contributed by atoms with E-state index >= 15 is 0 Å². The highest BCUT2D eigenvalue weighted by molar-refractivity contribution is 5.76. The highest BCUT2D eigenvalue weighted by atomic mass is 14.9. The molecule has 2 aromatic rings. The molecule has 3 nitrogen and oxygen atoms in total. The Hall–Kier alpha value is -1.64. The molecule has 0 atom stereocenters. The Morgan fingerprint density at radius 1 is 1.33 bits per heavy atom. The number of fused-ring (bicyclic) bond motifs is 3. The number of nitrogens with one attached hydrogen (secondary N) is 1. The van der Waals surface area contributed by atoms with E-state index < -0.39 is 0 Å². The number of nitrogens with zero attached hydrogens (tertiary/aromatic N) is 2. The quantitative estimate of drug-likeness (QED) is 0.573. The average molecular weight is 157 g/mol. The standard InChI is InChI=1S/C9H7N3/c1-2-8-9(12-5-11-8)6-3-4-10-7(1)6/h1-3,5H,4H2,(H,11,12). The van der Waals surface area contributed by atoms with E-state index in [4.69, 9.17) is 0 Å². The van der Waals surface area contributed by atoms with Gasteiger partial charge in [0.2, 0.25) is 0 Å². The maximum absolute atomic E-state index is 4.32. The van der Waals surface area contributed by atoms with E-state index in [2.05, 4.69) is 21.0 Å². The number of hydrogen-bond acceptors (Lipinski definition) is 2. The number of hydrogen-bond donors (Lipinski definition) is 1. The maximum atomic E-state index is 4.32. The largest absolute Gasteiger partial charge is 0.345 e. The molecule has 1 aromatic heterocycles. The van der Waals surface area contributed by atoms with Crippen LogP contribution in [0.5, 0.6) is 0 Å². The van der Waals surface area contributed by atoms with Crippen LogP contribution in [0.25, 0.3) is 17.1 Å². The number of aromatic amines is 1. The molecule has 12 heavy (non-hydrogen) atoms. The summed E-state index contributed by atoms with van der Waals surface area (Å²) in [5.74, 6) is 0. The minimum atomic E-state index is 0.793. The van der Waals surface area contributed by atoms with E-state index in [1.807, 2.05) is 12.1 Å². The second kappa shape index (κ2) is 1.94. The molecule has 0 aliphatic carbocycles. The summed E-state index contributed by atoms with van der Waals surface area (Å²) >= 11 is 0. The van der Waals surface area contributed by atoms with Gasteiger partial charge in [-0.3, -0.25) is 4.99 Å². The summed E-state index contributed by atoms with van der Waals surface area (Å²) in [7, 11) is 0. The van der Waals surface area contributed by atoms with Gasteiger partial charge in [-0.25, -0.2) is 4.98 Å².